The van der Waals surface area contributed by atoms with E-state index in [1.807, 2.05) is 36.4 Å². The lowest BCUT2D eigenvalue weighted by Crippen LogP contribution is -2.44. The highest BCUT2D eigenvalue weighted by atomic mass is 16.2. The number of nitrogens with zero attached hydrogens (tertiary/aromatic N) is 2. The molecule has 2 fully saturated rings. The number of carbonyl (C=O) groups is 2. The Kier molecular flexibility index (Phi) is 7.43. The van der Waals surface area contributed by atoms with E-state index in [1.54, 1.807) is 0 Å². The number of benzene rings is 2. The lowest BCUT2D eigenvalue weighted by Gasteiger charge is -2.34. The zero-order chi connectivity index (χ0) is 22.3. The third kappa shape index (κ3) is 5.88. The fourth-order valence-corrected chi connectivity index (χ4v) is 4.50. The van der Waals surface area contributed by atoms with Gasteiger partial charge in [0.2, 0.25) is 5.91 Å². The van der Waals surface area contributed by atoms with Crippen molar-refractivity contribution in [3.63, 3.8) is 0 Å². The summed E-state index contributed by atoms with van der Waals surface area (Å²) in [4.78, 5) is 29.6. The Balaban J connectivity index is 1.26. The zero-order valence-electron chi connectivity index (χ0n) is 19.0. The van der Waals surface area contributed by atoms with E-state index < -0.39 is 0 Å². The van der Waals surface area contributed by atoms with Crippen LogP contribution < -0.4 is 15.5 Å². The van der Waals surface area contributed by atoms with Crippen molar-refractivity contribution < 1.29 is 9.59 Å². The maximum atomic E-state index is 12.6. The third-order valence-electron chi connectivity index (χ3n) is 6.65. The number of carbonyl (C=O) groups excluding carboxylic acids is 2. The number of hydrogen-bond donors (Lipinski definition) is 2. The fourth-order valence-electron chi connectivity index (χ4n) is 4.50. The molecule has 0 spiro atoms. The van der Waals surface area contributed by atoms with E-state index in [9.17, 15) is 9.59 Å². The molecule has 1 saturated heterocycles. The molecule has 0 aromatic heterocycles. The maximum absolute atomic E-state index is 12.6. The molecular weight excluding hydrogens is 400 g/mol. The van der Waals surface area contributed by atoms with Crippen LogP contribution in [0, 0.1) is 5.92 Å². The van der Waals surface area contributed by atoms with Gasteiger partial charge in [-0.15, -0.1) is 0 Å². The minimum Gasteiger partial charge on any atom is -0.369 e. The first kappa shape index (κ1) is 22.3. The van der Waals surface area contributed by atoms with Gasteiger partial charge in [0.1, 0.15) is 0 Å². The monoisotopic (exact) mass is 434 g/mol. The Hall–Kier alpha value is -2.86. The van der Waals surface area contributed by atoms with Gasteiger partial charge in [-0.1, -0.05) is 31.4 Å². The summed E-state index contributed by atoms with van der Waals surface area (Å²) in [5.41, 5.74) is 3.59. The van der Waals surface area contributed by atoms with Gasteiger partial charge in [0.15, 0.2) is 0 Å². The van der Waals surface area contributed by atoms with Crippen LogP contribution in [0.15, 0.2) is 48.5 Å². The summed E-state index contributed by atoms with van der Waals surface area (Å²) in [5, 5.41) is 6.02. The molecule has 2 aliphatic rings. The number of amides is 2. The van der Waals surface area contributed by atoms with E-state index >= 15 is 0 Å². The average molecular weight is 435 g/mol. The van der Waals surface area contributed by atoms with Gasteiger partial charge in [-0.3, -0.25) is 9.59 Å². The Morgan fingerprint density at radius 1 is 0.875 bits per heavy atom. The Labute approximate surface area is 191 Å². The first-order valence-electron chi connectivity index (χ1n) is 11.8. The molecule has 170 valence electrons. The molecule has 0 atom stereocenters. The second-order valence-corrected chi connectivity index (χ2v) is 9.04. The van der Waals surface area contributed by atoms with Crippen molar-refractivity contribution in [2.75, 3.05) is 43.4 Å². The number of likely N-dealkylation sites (N-methyl/N-ethyl adjacent to an activating group) is 1. The van der Waals surface area contributed by atoms with Gasteiger partial charge >= 0.3 is 0 Å². The van der Waals surface area contributed by atoms with Crippen LogP contribution in [0.25, 0.3) is 0 Å². The van der Waals surface area contributed by atoms with Crippen molar-refractivity contribution >= 4 is 23.2 Å². The van der Waals surface area contributed by atoms with Gasteiger partial charge in [0.05, 0.1) is 0 Å². The molecule has 32 heavy (non-hydrogen) atoms. The number of piperazine rings is 1. The van der Waals surface area contributed by atoms with Crippen molar-refractivity contribution in [2.45, 2.75) is 38.6 Å². The summed E-state index contributed by atoms with van der Waals surface area (Å²) >= 11 is 0. The number of anilines is 2. The molecular formula is C26H34N4O2. The average Bonchev–Trinajstić information content (AvgIpc) is 2.84. The van der Waals surface area contributed by atoms with E-state index in [1.165, 1.54) is 12.1 Å². The summed E-state index contributed by atoms with van der Waals surface area (Å²) in [6.07, 6.45) is 5.55. The highest BCUT2D eigenvalue weighted by Gasteiger charge is 2.20. The summed E-state index contributed by atoms with van der Waals surface area (Å²) in [6.45, 7) is 4.69. The highest BCUT2D eigenvalue weighted by molar-refractivity contribution is 6.04. The largest absolute Gasteiger partial charge is 0.369 e. The van der Waals surface area contributed by atoms with Crippen LogP contribution in [0.2, 0.25) is 0 Å². The molecule has 2 aromatic carbocycles. The van der Waals surface area contributed by atoms with Gasteiger partial charge in [0.25, 0.3) is 5.91 Å². The molecule has 1 aliphatic heterocycles. The molecule has 6 heteroatoms. The quantitative estimate of drug-likeness (QED) is 0.724. The van der Waals surface area contributed by atoms with Gasteiger partial charge in [-0.2, -0.15) is 0 Å². The van der Waals surface area contributed by atoms with Crippen LogP contribution in [-0.4, -0.2) is 49.9 Å². The van der Waals surface area contributed by atoms with Crippen molar-refractivity contribution in [1.29, 1.82) is 0 Å². The summed E-state index contributed by atoms with van der Waals surface area (Å²) in [7, 11) is 2.15. The smallest absolute Gasteiger partial charge is 0.255 e. The van der Waals surface area contributed by atoms with E-state index in [0.717, 1.165) is 63.1 Å². The SMILES string of the molecule is CN1CCN(c2ccc(NC(=O)c3ccc(CNC(=O)C4CCCCC4)cc3)cc2)CC1. The molecule has 2 amide bonds. The minimum atomic E-state index is -0.130. The van der Waals surface area contributed by atoms with Gasteiger partial charge in [0, 0.05) is 55.6 Å². The fraction of sp³-hybridized carbons (Fsp3) is 0.462. The predicted molar refractivity (Wildman–Crippen MR) is 129 cm³/mol. The summed E-state index contributed by atoms with van der Waals surface area (Å²) < 4.78 is 0. The Bertz CT molecular complexity index is 896. The number of hydrogen-bond acceptors (Lipinski definition) is 4. The normalized spacial score (nSPS) is 17.7. The second-order valence-electron chi connectivity index (χ2n) is 9.04. The molecule has 1 saturated carbocycles. The van der Waals surface area contributed by atoms with Crippen LogP contribution in [-0.2, 0) is 11.3 Å². The lowest BCUT2D eigenvalue weighted by molar-refractivity contribution is -0.126. The molecule has 4 rings (SSSR count). The Morgan fingerprint density at radius 2 is 1.53 bits per heavy atom. The van der Waals surface area contributed by atoms with E-state index in [2.05, 4.69) is 39.6 Å². The van der Waals surface area contributed by atoms with Crippen molar-refractivity contribution in [3.05, 3.63) is 59.7 Å². The molecule has 0 bridgehead atoms. The van der Waals surface area contributed by atoms with Gasteiger partial charge in [-0.25, -0.2) is 0 Å². The lowest BCUT2D eigenvalue weighted by atomic mass is 9.88. The molecule has 0 radical (unpaired) electrons. The van der Waals surface area contributed by atoms with E-state index in [0.29, 0.717) is 12.1 Å². The minimum absolute atomic E-state index is 0.130. The molecule has 0 unspecified atom stereocenters. The molecule has 1 aliphatic carbocycles. The van der Waals surface area contributed by atoms with Crippen molar-refractivity contribution in [3.8, 4) is 0 Å². The van der Waals surface area contributed by atoms with Crippen LogP contribution in [0.1, 0.15) is 48.0 Å². The van der Waals surface area contributed by atoms with Crippen LogP contribution >= 0.6 is 0 Å². The van der Waals surface area contributed by atoms with Crippen LogP contribution in [0.3, 0.4) is 0 Å². The molecule has 2 aromatic rings. The molecule has 2 N–H and O–H groups in total. The first-order chi connectivity index (χ1) is 15.6. The topological polar surface area (TPSA) is 64.7 Å². The molecule has 1 heterocycles. The van der Waals surface area contributed by atoms with Gasteiger partial charge < -0.3 is 20.4 Å². The first-order valence-corrected chi connectivity index (χ1v) is 11.8. The summed E-state index contributed by atoms with van der Waals surface area (Å²) in [6, 6.07) is 15.5. The number of nitrogens with one attached hydrogen (secondary N) is 2. The van der Waals surface area contributed by atoms with E-state index in [-0.39, 0.29) is 17.7 Å². The van der Waals surface area contributed by atoms with Gasteiger partial charge in [-0.05, 0) is 61.9 Å². The standard InChI is InChI=1S/C26H34N4O2/c1-29-15-17-30(18-16-29)24-13-11-23(12-14-24)28-26(32)22-9-7-20(8-10-22)19-27-25(31)21-5-3-2-4-6-21/h7-14,21H,2-6,15-19H2,1H3,(H,27,31)(H,28,32). The van der Waals surface area contributed by atoms with Crippen LogP contribution in [0.5, 0.6) is 0 Å². The predicted octanol–water partition coefficient (Wildman–Crippen LogP) is 3.89. The van der Waals surface area contributed by atoms with Crippen molar-refractivity contribution in [1.82, 2.24) is 10.2 Å². The maximum Gasteiger partial charge on any atom is 0.255 e. The highest BCUT2D eigenvalue weighted by Crippen LogP contribution is 2.24. The number of rotatable bonds is 6. The Morgan fingerprint density at radius 3 is 2.19 bits per heavy atom. The van der Waals surface area contributed by atoms with Crippen molar-refractivity contribution in [2.24, 2.45) is 5.92 Å². The third-order valence-corrected chi connectivity index (χ3v) is 6.65. The second kappa shape index (κ2) is 10.6. The van der Waals surface area contributed by atoms with E-state index in [4.69, 9.17) is 0 Å². The summed E-state index contributed by atoms with van der Waals surface area (Å²) in [5.74, 6) is 0.193. The molecule has 6 nitrogen and oxygen atoms in total. The van der Waals surface area contributed by atoms with Crippen LogP contribution in [0.4, 0.5) is 11.4 Å². The zero-order valence-corrected chi connectivity index (χ0v) is 19.0.